The van der Waals surface area contributed by atoms with Crippen LogP contribution in [0.2, 0.25) is 10.0 Å². The Morgan fingerprint density at radius 1 is 0.946 bits per heavy atom. The lowest BCUT2D eigenvalue weighted by atomic mass is 10.0. The van der Waals surface area contributed by atoms with E-state index in [4.69, 9.17) is 32.9 Å². The molecular formula is C30H28Cl2N2O3. The van der Waals surface area contributed by atoms with Crippen LogP contribution in [0.1, 0.15) is 30.7 Å². The Morgan fingerprint density at radius 2 is 1.65 bits per heavy atom. The summed E-state index contributed by atoms with van der Waals surface area (Å²) in [6, 6.07) is 21.8. The van der Waals surface area contributed by atoms with E-state index in [-0.39, 0.29) is 5.97 Å². The number of ether oxygens (including phenoxy) is 2. The van der Waals surface area contributed by atoms with E-state index in [0.717, 1.165) is 52.4 Å². The highest BCUT2D eigenvalue weighted by Gasteiger charge is 2.09. The summed E-state index contributed by atoms with van der Waals surface area (Å²) < 4.78 is 12.4. The molecule has 0 fully saturated rings. The molecule has 4 rings (SSSR count). The zero-order valence-corrected chi connectivity index (χ0v) is 22.3. The Bertz CT molecular complexity index is 1380. The van der Waals surface area contributed by atoms with E-state index in [2.05, 4.69) is 29.0 Å². The third-order valence-corrected chi connectivity index (χ3v) is 6.46. The number of unbranched alkanes of at least 4 members (excludes halogenated alkanes) is 1. The summed E-state index contributed by atoms with van der Waals surface area (Å²) in [4.78, 5) is 15.9. The van der Waals surface area contributed by atoms with Crippen molar-refractivity contribution < 1.29 is 14.3 Å². The van der Waals surface area contributed by atoms with E-state index in [1.54, 1.807) is 6.07 Å². The van der Waals surface area contributed by atoms with Gasteiger partial charge in [-0.05, 0) is 65.9 Å². The van der Waals surface area contributed by atoms with Gasteiger partial charge in [0.1, 0.15) is 11.6 Å². The lowest BCUT2D eigenvalue weighted by Gasteiger charge is -2.08. The molecular weight excluding hydrogens is 507 g/mol. The van der Waals surface area contributed by atoms with Gasteiger partial charge >= 0.3 is 5.97 Å². The van der Waals surface area contributed by atoms with Crippen molar-refractivity contribution in [1.29, 1.82) is 0 Å². The van der Waals surface area contributed by atoms with Gasteiger partial charge in [0.2, 0.25) is 0 Å². The fourth-order valence-corrected chi connectivity index (χ4v) is 4.33. The first-order valence-electron chi connectivity index (χ1n) is 12.0. The standard InChI is InChI=1S/C30H28Cl2N2O3/c1-34-20-28(26-16-13-24(31)19-27(26)32)33-29(34)17-8-21-6-9-22(10-7-21)23-11-14-25(15-12-23)37-18-4-3-5-30(35)36-2/h6-17,19-20H,3-5,18H2,1-2H3. The number of halogens is 2. The van der Waals surface area contributed by atoms with Crippen molar-refractivity contribution in [3.63, 3.8) is 0 Å². The third kappa shape index (κ3) is 7.25. The number of methoxy groups -OCH3 is 1. The first-order chi connectivity index (χ1) is 17.9. The first-order valence-corrected chi connectivity index (χ1v) is 12.8. The first kappa shape index (κ1) is 26.5. The molecule has 0 aliphatic heterocycles. The number of imidazole rings is 1. The van der Waals surface area contributed by atoms with Gasteiger partial charge in [0.15, 0.2) is 0 Å². The second-order valence-corrected chi connectivity index (χ2v) is 9.42. The summed E-state index contributed by atoms with van der Waals surface area (Å²) >= 11 is 12.4. The molecule has 0 N–H and O–H groups in total. The van der Waals surface area contributed by atoms with Gasteiger partial charge in [-0.1, -0.05) is 65.7 Å². The number of rotatable bonds is 10. The quantitative estimate of drug-likeness (QED) is 0.153. The lowest BCUT2D eigenvalue weighted by Crippen LogP contribution is -2.02. The fourth-order valence-electron chi connectivity index (χ4n) is 3.83. The van der Waals surface area contributed by atoms with Crippen LogP contribution in [0.3, 0.4) is 0 Å². The normalized spacial score (nSPS) is 11.1. The van der Waals surface area contributed by atoms with Crippen LogP contribution in [0.4, 0.5) is 0 Å². The Hall–Kier alpha value is -3.54. The van der Waals surface area contributed by atoms with Crippen molar-refractivity contribution in [2.24, 2.45) is 7.05 Å². The second-order valence-electron chi connectivity index (χ2n) is 8.58. The molecule has 1 aromatic heterocycles. The van der Waals surface area contributed by atoms with Crippen molar-refractivity contribution in [1.82, 2.24) is 9.55 Å². The molecule has 3 aromatic carbocycles. The van der Waals surface area contributed by atoms with Gasteiger partial charge in [-0.3, -0.25) is 4.79 Å². The van der Waals surface area contributed by atoms with Crippen LogP contribution in [-0.2, 0) is 16.6 Å². The Morgan fingerprint density at radius 3 is 2.32 bits per heavy atom. The van der Waals surface area contributed by atoms with Crippen LogP contribution < -0.4 is 4.74 Å². The average Bonchev–Trinajstić information content (AvgIpc) is 3.27. The maximum Gasteiger partial charge on any atom is 0.305 e. The highest BCUT2D eigenvalue weighted by molar-refractivity contribution is 6.36. The molecule has 7 heteroatoms. The molecule has 0 aliphatic rings. The van der Waals surface area contributed by atoms with Crippen molar-refractivity contribution in [3.05, 3.63) is 94.4 Å². The van der Waals surface area contributed by atoms with Crippen LogP contribution >= 0.6 is 23.2 Å². The zero-order valence-electron chi connectivity index (χ0n) is 20.8. The molecule has 0 saturated heterocycles. The summed E-state index contributed by atoms with van der Waals surface area (Å²) in [5.74, 6) is 1.46. The molecule has 0 radical (unpaired) electrons. The largest absolute Gasteiger partial charge is 0.494 e. The summed E-state index contributed by atoms with van der Waals surface area (Å²) in [5, 5.41) is 1.17. The number of aryl methyl sites for hydroxylation is 1. The van der Waals surface area contributed by atoms with E-state index in [1.807, 2.05) is 66.4 Å². The highest BCUT2D eigenvalue weighted by Crippen LogP contribution is 2.30. The van der Waals surface area contributed by atoms with Gasteiger partial charge in [-0.2, -0.15) is 0 Å². The molecule has 0 spiro atoms. The minimum Gasteiger partial charge on any atom is -0.494 e. The molecule has 1 heterocycles. The predicted molar refractivity (Wildman–Crippen MR) is 151 cm³/mol. The number of hydrogen-bond acceptors (Lipinski definition) is 4. The third-order valence-electron chi connectivity index (χ3n) is 5.91. The van der Waals surface area contributed by atoms with Gasteiger partial charge in [-0.25, -0.2) is 4.98 Å². The fraction of sp³-hybridized carbons (Fsp3) is 0.200. The monoisotopic (exact) mass is 534 g/mol. The number of hydrogen-bond donors (Lipinski definition) is 0. The molecule has 0 bridgehead atoms. The van der Waals surface area contributed by atoms with Crippen LogP contribution in [0.25, 0.3) is 34.5 Å². The van der Waals surface area contributed by atoms with Crippen LogP contribution in [0.5, 0.6) is 5.75 Å². The number of nitrogens with zero attached hydrogens (tertiary/aromatic N) is 2. The zero-order chi connectivity index (χ0) is 26.2. The molecule has 0 atom stereocenters. The van der Waals surface area contributed by atoms with Gasteiger partial charge in [-0.15, -0.1) is 0 Å². The molecule has 0 saturated carbocycles. The minimum absolute atomic E-state index is 0.184. The Balaban J connectivity index is 1.34. The van der Waals surface area contributed by atoms with Crippen molar-refractivity contribution in [2.75, 3.05) is 13.7 Å². The minimum atomic E-state index is -0.184. The van der Waals surface area contributed by atoms with Crippen molar-refractivity contribution >= 4 is 41.3 Å². The molecule has 4 aromatic rings. The Labute approximate surface area is 227 Å². The number of carbonyl (C=O) groups is 1. The van der Waals surface area contributed by atoms with Crippen molar-refractivity contribution in [3.8, 4) is 28.1 Å². The highest BCUT2D eigenvalue weighted by atomic mass is 35.5. The molecule has 0 aliphatic carbocycles. The maximum atomic E-state index is 11.1. The second kappa shape index (κ2) is 12.6. The predicted octanol–water partition coefficient (Wildman–Crippen LogP) is 7.95. The van der Waals surface area contributed by atoms with Crippen LogP contribution in [0.15, 0.2) is 72.9 Å². The number of benzene rings is 3. The van der Waals surface area contributed by atoms with E-state index < -0.39 is 0 Å². The number of carbonyl (C=O) groups excluding carboxylic acids is 1. The molecule has 190 valence electrons. The topological polar surface area (TPSA) is 53.4 Å². The smallest absolute Gasteiger partial charge is 0.305 e. The Kier molecular flexibility index (Phi) is 9.04. The SMILES string of the molecule is COC(=O)CCCCOc1ccc(-c2ccc(C=Cc3nc(-c4ccc(Cl)cc4Cl)cn3C)cc2)cc1. The van der Waals surface area contributed by atoms with Crippen molar-refractivity contribution in [2.45, 2.75) is 19.3 Å². The van der Waals surface area contributed by atoms with Gasteiger partial charge in [0, 0.05) is 30.3 Å². The molecule has 0 amide bonds. The summed E-state index contributed by atoms with van der Waals surface area (Å²) in [7, 11) is 3.36. The summed E-state index contributed by atoms with van der Waals surface area (Å²) in [6.07, 6.45) is 7.96. The lowest BCUT2D eigenvalue weighted by molar-refractivity contribution is -0.140. The van der Waals surface area contributed by atoms with E-state index >= 15 is 0 Å². The molecule has 37 heavy (non-hydrogen) atoms. The van der Waals surface area contributed by atoms with Gasteiger partial charge in [0.25, 0.3) is 0 Å². The average molecular weight is 535 g/mol. The summed E-state index contributed by atoms with van der Waals surface area (Å²) in [6.45, 7) is 0.571. The van der Waals surface area contributed by atoms with Crippen LogP contribution in [0, 0.1) is 0 Å². The van der Waals surface area contributed by atoms with Gasteiger partial charge < -0.3 is 14.0 Å². The number of esters is 1. The maximum absolute atomic E-state index is 11.1. The van der Waals surface area contributed by atoms with Crippen LogP contribution in [-0.4, -0.2) is 29.2 Å². The number of aromatic nitrogens is 2. The molecule has 0 unspecified atom stereocenters. The molecule has 5 nitrogen and oxygen atoms in total. The summed E-state index contributed by atoms with van der Waals surface area (Å²) in [5.41, 5.74) is 4.96. The van der Waals surface area contributed by atoms with Gasteiger partial charge in [0.05, 0.1) is 24.4 Å². The van der Waals surface area contributed by atoms with E-state index in [1.165, 1.54) is 7.11 Å². The van der Waals surface area contributed by atoms with E-state index in [0.29, 0.717) is 23.1 Å². The van der Waals surface area contributed by atoms with E-state index in [9.17, 15) is 4.79 Å².